The highest BCUT2D eigenvalue weighted by Gasteiger charge is 2.15. The standard InChI is InChI=1S/C15H24ClNO4/c1-11(10-19-3)21-15-12(9-17-5-6-18-2)7-13(16)8-14(15)20-4/h7-8,11,17H,5-6,9-10H2,1-4H3. The molecule has 0 aromatic heterocycles. The van der Waals surface area contributed by atoms with Gasteiger partial charge in [-0.3, -0.25) is 0 Å². The van der Waals surface area contributed by atoms with E-state index < -0.39 is 0 Å². The van der Waals surface area contributed by atoms with Crippen molar-refractivity contribution < 1.29 is 18.9 Å². The third-order valence-corrected chi connectivity index (χ3v) is 3.05. The van der Waals surface area contributed by atoms with Gasteiger partial charge in [0.1, 0.15) is 6.10 Å². The van der Waals surface area contributed by atoms with Crippen molar-refractivity contribution in [2.45, 2.75) is 19.6 Å². The van der Waals surface area contributed by atoms with E-state index in [0.29, 0.717) is 36.3 Å². The molecule has 0 heterocycles. The normalized spacial score (nSPS) is 12.2. The topological polar surface area (TPSA) is 49.0 Å². The third kappa shape index (κ3) is 6.09. The maximum Gasteiger partial charge on any atom is 0.166 e. The molecule has 1 N–H and O–H groups in total. The maximum atomic E-state index is 6.13. The average molecular weight is 318 g/mol. The van der Waals surface area contributed by atoms with Crippen LogP contribution < -0.4 is 14.8 Å². The molecule has 1 rings (SSSR count). The molecule has 0 spiro atoms. The molecule has 0 amide bonds. The number of ether oxygens (including phenoxy) is 4. The monoisotopic (exact) mass is 317 g/mol. The van der Waals surface area contributed by atoms with Gasteiger partial charge in [-0.15, -0.1) is 0 Å². The van der Waals surface area contributed by atoms with Crippen LogP contribution in [0.3, 0.4) is 0 Å². The van der Waals surface area contributed by atoms with Gasteiger partial charge in [0.2, 0.25) is 0 Å². The summed E-state index contributed by atoms with van der Waals surface area (Å²) in [5.41, 5.74) is 0.943. The highest BCUT2D eigenvalue weighted by Crippen LogP contribution is 2.35. The second-order valence-corrected chi connectivity index (χ2v) is 5.09. The summed E-state index contributed by atoms with van der Waals surface area (Å²) in [6, 6.07) is 3.62. The van der Waals surface area contributed by atoms with Crippen LogP contribution in [-0.2, 0) is 16.0 Å². The first-order valence-electron chi connectivity index (χ1n) is 6.84. The molecular weight excluding hydrogens is 294 g/mol. The lowest BCUT2D eigenvalue weighted by Gasteiger charge is -2.20. The Morgan fingerprint density at radius 2 is 1.95 bits per heavy atom. The summed E-state index contributed by atoms with van der Waals surface area (Å²) in [5, 5.41) is 3.89. The third-order valence-electron chi connectivity index (χ3n) is 2.84. The minimum atomic E-state index is -0.0807. The van der Waals surface area contributed by atoms with Gasteiger partial charge in [-0.1, -0.05) is 11.6 Å². The van der Waals surface area contributed by atoms with Crippen LogP contribution in [0, 0.1) is 0 Å². The van der Waals surface area contributed by atoms with Crippen LogP contribution in [0.1, 0.15) is 12.5 Å². The zero-order valence-corrected chi connectivity index (χ0v) is 13.8. The summed E-state index contributed by atoms with van der Waals surface area (Å²) in [7, 11) is 4.92. The summed E-state index contributed by atoms with van der Waals surface area (Å²) in [6.45, 7) is 4.46. The van der Waals surface area contributed by atoms with Crippen molar-refractivity contribution in [2.24, 2.45) is 0 Å². The van der Waals surface area contributed by atoms with Crippen LogP contribution >= 0.6 is 11.6 Å². The number of nitrogens with one attached hydrogen (secondary N) is 1. The SMILES string of the molecule is COCCNCc1cc(Cl)cc(OC)c1OC(C)COC. The molecule has 5 nitrogen and oxygen atoms in total. The number of benzene rings is 1. The molecular formula is C15H24ClNO4. The van der Waals surface area contributed by atoms with Gasteiger partial charge >= 0.3 is 0 Å². The van der Waals surface area contributed by atoms with Gasteiger partial charge < -0.3 is 24.3 Å². The van der Waals surface area contributed by atoms with Crippen molar-refractivity contribution in [3.05, 3.63) is 22.7 Å². The van der Waals surface area contributed by atoms with Gasteiger partial charge in [-0.05, 0) is 13.0 Å². The fraction of sp³-hybridized carbons (Fsp3) is 0.600. The van der Waals surface area contributed by atoms with E-state index in [1.165, 1.54) is 0 Å². The van der Waals surface area contributed by atoms with E-state index >= 15 is 0 Å². The number of rotatable bonds is 10. The maximum absolute atomic E-state index is 6.13. The molecule has 1 unspecified atom stereocenters. The molecule has 0 aliphatic heterocycles. The molecule has 1 aromatic carbocycles. The summed E-state index contributed by atoms with van der Waals surface area (Å²) in [6.07, 6.45) is -0.0807. The smallest absolute Gasteiger partial charge is 0.166 e. The van der Waals surface area contributed by atoms with Gasteiger partial charge in [-0.2, -0.15) is 0 Å². The highest BCUT2D eigenvalue weighted by molar-refractivity contribution is 6.30. The molecule has 0 bridgehead atoms. The first-order chi connectivity index (χ1) is 10.1. The van der Waals surface area contributed by atoms with E-state index in [1.807, 2.05) is 13.0 Å². The Balaban J connectivity index is 2.88. The number of hydrogen-bond acceptors (Lipinski definition) is 5. The van der Waals surface area contributed by atoms with Crippen molar-refractivity contribution in [3.8, 4) is 11.5 Å². The van der Waals surface area contributed by atoms with Crippen molar-refractivity contribution in [1.29, 1.82) is 0 Å². The van der Waals surface area contributed by atoms with Crippen LogP contribution in [0.25, 0.3) is 0 Å². The Morgan fingerprint density at radius 1 is 1.19 bits per heavy atom. The summed E-state index contributed by atoms with van der Waals surface area (Å²) in [4.78, 5) is 0. The highest BCUT2D eigenvalue weighted by atomic mass is 35.5. The van der Waals surface area contributed by atoms with Crippen LogP contribution in [-0.4, -0.2) is 47.2 Å². The Hall–Kier alpha value is -1.01. The van der Waals surface area contributed by atoms with E-state index in [0.717, 1.165) is 12.1 Å². The molecule has 1 atom stereocenters. The summed E-state index contributed by atoms with van der Waals surface area (Å²) >= 11 is 6.13. The largest absolute Gasteiger partial charge is 0.493 e. The fourth-order valence-electron chi connectivity index (χ4n) is 1.91. The predicted octanol–water partition coefficient (Wildman–Crippen LogP) is 2.50. The molecule has 0 aliphatic carbocycles. The Kier molecular flexibility index (Phi) is 8.45. The van der Waals surface area contributed by atoms with Crippen LogP contribution in [0.15, 0.2) is 12.1 Å². The second kappa shape index (κ2) is 9.84. The molecule has 21 heavy (non-hydrogen) atoms. The van der Waals surface area contributed by atoms with E-state index in [1.54, 1.807) is 27.4 Å². The Bertz CT molecular complexity index is 428. The molecule has 0 saturated carbocycles. The molecule has 0 radical (unpaired) electrons. The van der Waals surface area contributed by atoms with Gasteiger partial charge in [0.15, 0.2) is 11.5 Å². The quantitative estimate of drug-likeness (QED) is 0.672. The zero-order chi connectivity index (χ0) is 15.7. The zero-order valence-electron chi connectivity index (χ0n) is 13.1. The number of halogens is 1. The summed E-state index contributed by atoms with van der Waals surface area (Å²) in [5.74, 6) is 1.31. The van der Waals surface area contributed by atoms with Crippen molar-refractivity contribution in [2.75, 3.05) is 41.1 Å². The second-order valence-electron chi connectivity index (χ2n) is 4.65. The molecule has 0 fully saturated rings. The number of hydrogen-bond donors (Lipinski definition) is 1. The van der Waals surface area contributed by atoms with E-state index in [-0.39, 0.29) is 6.10 Å². The predicted molar refractivity (Wildman–Crippen MR) is 83.6 cm³/mol. The van der Waals surface area contributed by atoms with Crippen LogP contribution in [0.5, 0.6) is 11.5 Å². The first-order valence-corrected chi connectivity index (χ1v) is 7.21. The Morgan fingerprint density at radius 3 is 2.57 bits per heavy atom. The number of methoxy groups -OCH3 is 3. The van der Waals surface area contributed by atoms with E-state index in [4.69, 9.17) is 30.5 Å². The molecule has 120 valence electrons. The van der Waals surface area contributed by atoms with Gasteiger partial charge in [0.25, 0.3) is 0 Å². The molecule has 0 saturated heterocycles. The van der Waals surface area contributed by atoms with E-state index in [2.05, 4.69) is 5.32 Å². The molecule has 1 aromatic rings. The molecule has 6 heteroatoms. The first kappa shape index (κ1) is 18.0. The van der Waals surface area contributed by atoms with Crippen LogP contribution in [0.4, 0.5) is 0 Å². The van der Waals surface area contributed by atoms with Crippen LogP contribution in [0.2, 0.25) is 5.02 Å². The molecule has 0 aliphatic rings. The van der Waals surface area contributed by atoms with Gasteiger partial charge in [0, 0.05) is 44.0 Å². The lowest BCUT2D eigenvalue weighted by atomic mass is 10.1. The average Bonchev–Trinajstić information content (AvgIpc) is 2.46. The van der Waals surface area contributed by atoms with Crippen molar-refractivity contribution in [3.63, 3.8) is 0 Å². The van der Waals surface area contributed by atoms with E-state index in [9.17, 15) is 0 Å². The lowest BCUT2D eigenvalue weighted by Crippen LogP contribution is -2.22. The van der Waals surface area contributed by atoms with Gasteiger partial charge in [-0.25, -0.2) is 0 Å². The van der Waals surface area contributed by atoms with Gasteiger partial charge in [0.05, 0.1) is 20.3 Å². The minimum Gasteiger partial charge on any atom is -0.493 e. The fourth-order valence-corrected chi connectivity index (χ4v) is 2.14. The van der Waals surface area contributed by atoms with Crippen molar-refractivity contribution in [1.82, 2.24) is 5.32 Å². The summed E-state index contributed by atoms with van der Waals surface area (Å²) < 4.78 is 21.4. The lowest BCUT2D eigenvalue weighted by molar-refractivity contribution is 0.0891. The Labute approximate surface area is 131 Å². The minimum absolute atomic E-state index is 0.0807. The van der Waals surface area contributed by atoms with Crippen molar-refractivity contribution >= 4 is 11.6 Å².